The maximum atomic E-state index is 11.0. The van der Waals surface area contributed by atoms with Crippen molar-refractivity contribution in [2.75, 3.05) is 13.7 Å². The third-order valence-corrected chi connectivity index (χ3v) is 2.47. The molecule has 1 unspecified atom stereocenters. The number of hydrogen-bond acceptors (Lipinski definition) is 3. The molecule has 0 bridgehead atoms. The molecule has 1 saturated heterocycles. The molecular weight excluding hydrogens is 174 g/mol. The average molecular weight is 187 g/mol. The summed E-state index contributed by atoms with van der Waals surface area (Å²) in [7, 11) is 1.62. The zero-order chi connectivity index (χ0) is 10.1. The van der Waals surface area contributed by atoms with Gasteiger partial charge in [-0.15, -0.1) is 0 Å². The van der Waals surface area contributed by atoms with Crippen LogP contribution < -0.4 is 0 Å². The van der Waals surface area contributed by atoms with E-state index in [0.717, 1.165) is 0 Å². The third-order valence-electron chi connectivity index (χ3n) is 2.47. The molecule has 1 atom stereocenters. The fourth-order valence-corrected chi connectivity index (χ4v) is 1.25. The Morgan fingerprint density at radius 3 is 2.77 bits per heavy atom. The molecule has 5 heteroatoms. The molecule has 13 heavy (non-hydrogen) atoms. The zero-order valence-electron chi connectivity index (χ0n) is 7.74. The first-order valence-electron chi connectivity index (χ1n) is 4.08. The van der Waals surface area contributed by atoms with Crippen molar-refractivity contribution in [3.63, 3.8) is 0 Å². The molecule has 1 amide bonds. The van der Waals surface area contributed by atoms with Gasteiger partial charge in [-0.1, -0.05) is 0 Å². The van der Waals surface area contributed by atoms with Crippen molar-refractivity contribution in [2.24, 2.45) is 0 Å². The molecular formula is C8H13NO4. The lowest BCUT2D eigenvalue weighted by Gasteiger charge is -2.27. The third kappa shape index (κ3) is 1.91. The van der Waals surface area contributed by atoms with Crippen LogP contribution in [0.2, 0.25) is 0 Å². The molecule has 0 aromatic heterocycles. The van der Waals surface area contributed by atoms with Crippen molar-refractivity contribution in [3.8, 4) is 0 Å². The Bertz CT molecular complexity index is 240. The van der Waals surface area contributed by atoms with E-state index >= 15 is 0 Å². The standard InChI is InChI=1S/C8H13NO4/c1-8(4-3-6(10)11)5-13-7(12)9(8)2/h3-5H2,1-2H3,(H,10,11). The fraction of sp³-hybridized carbons (Fsp3) is 0.750. The van der Waals surface area contributed by atoms with Crippen molar-refractivity contribution in [2.45, 2.75) is 25.3 Å². The van der Waals surface area contributed by atoms with E-state index in [1.54, 1.807) is 7.05 Å². The molecule has 1 rings (SSSR count). The predicted octanol–water partition coefficient (Wildman–Crippen LogP) is 0.692. The molecule has 1 aliphatic heterocycles. The van der Waals surface area contributed by atoms with Crippen LogP contribution in [-0.4, -0.2) is 41.3 Å². The highest BCUT2D eigenvalue weighted by Crippen LogP contribution is 2.26. The Balaban J connectivity index is 2.56. The Hall–Kier alpha value is -1.26. The van der Waals surface area contributed by atoms with Crippen molar-refractivity contribution in [3.05, 3.63) is 0 Å². The smallest absolute Gasteiger partial charge is 0.410 e. The van der Waals surface area contributed by atoms with Crippen LogP contribution in [-0.2, 0) is 9.53 Å². The summed E-state index contributed by atoms with van der Waals surface area (Å²) in [6.07, 6.45) is 0.0927. The Morgan fingerprint density at radius 2 is 2.38 bits per heavy atom. The number of rotatable bonds is 3. The highest BCUT2D eigenvalue weighted by Gasteiger charge is 2.40. The van der Waals surface area contributed by atoms with Gasteiger partial charge in [0.25, 0.3) is 0 Å². The van der Waals surface area contributed by atoms with Crippen LogP contribution in [0.3, 0.4) is 0 Å². The summed E-state index contributed by atoms with van der Waals surface area (Å²) in [4.78, 5) is 22.8. The van der Waals surface area contributed by atoms with Gasteiger partial charge in [0, 0.05) is 13.5 Å². The second-order valence-corrected chi connectivity index (χ2v) is 3.50. The predicted molar refractivity (Wildman–Crippen MR) is 44.4 cm³/mol. The molecule has 0 radical (unpaired) electrons. The number of carboxylic acid groups (broad SMARTS) is 1. The first-order chi connectivity index (χ1) is 5.96. The monoisotopic (exact) mass is 187 g/mol. The van der Waals surface area contributed by atoms with Gasteiger partial charge in [0.1, 0.15) is 6.61 Å². The second-order valence-electron chi connectivity index (χ2n) is 3.50. The first kappa shape index (κ1) is 9.83. The summed E-state index contributed by atoms with van der Waals surface area (Å²) in [5.41, 5.74) is -0.463. The molecule has 0 saturated carbocycles. The van der Waals surface area contributed by atoms with Crippen LogP contribution in [0.1, 0.15) is 19.8 Å². The molecule has 74 valence electrons. The minimum atomic E-state index is -0.853. The average Bonchev–Trinajstić information content (AvgIpc) is 2.31. The van der Waals surface area contributed by atoms with Gasteiger partial charge in [-0.3, -0.25) is 4.79 Å². The van der Waals surface area contributed by atoms with E-state index in [-0.39, 0.29) is 19.1 Å². The maximum absolute atomic E-state index is 11.0. The van der Waals surface area contributed by atoms with Crippen molar-refractivity contribution < 1.29 is 19.4 Å². The number of amides is 1. The SMILES string of the molecule is CN1C(=O)OCC1(C)CCC(=O)O. The van der Waals surface area contributed by atoms with Gasteiger partial charge in [0.2, 0.25) is 0 Å². The first-order valence-corrected chi connectivity index (χ1v) is 4.08. The Kier molecular flexibility index (Phi) is 2.45. The molecule has 0 aliphatic carbocycles. The number of carbonyl (C=O) groups is 2. The number of carboxylic acids is 1. The van der Waals surface area contributed by atoms with Gasteiger partial charge < -0.3 is 14.7 Å². The summed E-state index contributed by atoms with van der Waals surface area (Å²) in [5, 5.41) is 8.50. The molecule has 0 aromatic carbocycles. The second kappa shape index (κ2) is 3.24. The van der Waals surface area contributed by atoms with Gasteiger partial charge in [0.15, 0.2) is 0 Å². The summed E-state index contributed by atoms with van der Waals surface area (Å²) in [6.45, 7) is 2.09. The molecule has 1 N–H and O–H groups in total. The van der Waals surface area contributed by atoms with E-state index in [2.05, 4.69) is 0 Å². The van der Waals surface area contributed by atoms with Gasteiger partial charge in [0.05, 0.1) is 5.54 Å². The summed E-state index contributed by atoms with van der Waals surface area (Å²) < 4.78 is 4.81. The summed E-state index contributed by atoms with van der Waals surface area (Å²) >= 11 is 0. The largest absolute Gasteiger partial charge is 0.481 e. The number of carbonyl (C=O) groups excluding carboxylic acids is 1. The Morgan fingerprint density at radius 1 is 1.77 bits per heavy atom. The van der Waals surface area contributed by atoms with Crippen LogP contribution >= 0.6 is 0 Å². The number of ether oxygens (including phenoxy) is 1. The molecule has 1 fully saturated rings. The zero-order valence-corrected chi connectivity index (χ0v) is 7.74. The van der Waals surface area contributed by atoms with Crippen LogP contribution in [0.15, 0.2) is 0 Å². The molecule has 1 aliphatic rings. The maximum Gasteiger partial charge on any atom is 0.410 e. The lowest BCUT2D eigenvalue weighted by Crippen LogP contribution is -2.42. The minimum Gasteiger partial charge on any atom is -0.481 e. The quantitative estimate of drug-likeness (QED) is 0.706. The molecule has 5 nitrogen and oxygen atoms in total. The number of likely N-dealkylation sites (N-methyl/N-ethyl adjacent to an activating group) is 1. The summed E-state index contributed by atoms with van der Waals surface area (Å²) in [6, 6.07) is 0. The van der Waals surface area contributed by atoms with Crippen molar-refractivity contribution in [1.29, 1.82) is 0 Å². The number of nitrogens with zero attached hydrogens (tertiary/aromatic N) is 1. The van der Waals surface area contributed by atoms with Gasteiger partial charge >= 0.3 is 12.1 Å². The normalized spacial score (nSPS) is 27.5. The van der Waals surface area contributed by atoms with Crippen LogP contribution in [0.4, 0.5) is 4.79 Å². The van der Waals surface area contributed by atoms with Crippen LogP contribution in [0.5, 0.6) is 0 Å². The van der Waals surface area contributed by atoms with Gasteiger partial charge in [-0.25, -0.2) is 4.79 Å². The van der Waals surface area contributed by atoms with E-state index in [0.29, 0.717) is 6.42 Å². The van der Waals surface area contributed by atoms with Crippen LogP contribution in [0, 0.1) is 0 Å². The lowest BCUT2D eigenvalue weighted by molar-refractivity contribution is -0.137. The lowest BCUT2D eigenvalue weighted by atomic mass is 9.96. The number of cyclic esters (lactones) is 1. The topological polar surface area (TPSA) is 66.8 Å². The molecule has 1 heterocycles. The van der Waals surface area contributed by atoms with Crippen LogP contribution in [0.25, 0.3) is 0 Å². The van der Waals surface area contributed by atoms with E-state index in [4.69, 9.17) is 9.84 Å². The van der Waals surface area contributed by atoms with E-state index < -0.39 is 11.5 Å². The van der Waals surface area contributed by atoms with Gasteiger partial charge in [-0.2, -0.15) is 0 Å². The number of aliphatic carboxylic acids is 1. The molecule has 0 spiro atoms. The molecule has 0 aromatic rings. The highest BCUT2D eigenvalue weighted by atomic mass is 16.6. The van der Waals surface area contributed by atoms with E-state index in [1.807, 2.05) is 6.92 Å². The fourth-order valence-electron chi connectivity index (χ4n) is 1.25. The summed E-state index contributed by atoms with van der Waals surface area (Å²) in [5.74, 6) is -0.853. The highest BCUT2D eigenvalue weighted by molar-refractivity contribution is 5.71. The van der Waals surface area contributed by atoms with Crippen molar-refractivity contribution in [1.82, 2.24) is 4.90 Å². The minimum absolute atomic E-state index is 0.0531. The van der Waals surface area contributed by atoms with E-state index in [9.17, 15) is 9.59 Å². The Labute approximate surface area is 76.3 Å². The number of hydrogen-bond donors (Lipinski definition) is 1. The van der Waals surface area contributed by atoms with Gasteiger partial charge in [-0.05, 0) is 13.3 Å². The van der Waals surface area contributed by atoms with E-state index in [1.165, 1.54) is 4.90 Å². The van der Waals surface area contributed by atoms with Crippen molar-refractivity contribution >= 4 is 12.1 Å².